The number of aryl methyl sites for hydroxylation is 1. The van der Waals surface area contributed by atoms with E-state index in [1.807, 2.05) is 0 Å². The predicted molar refractivity (Wildman–Crippen MR) is 199 cm³/mol. The maximum absolute atomic E-state index is 9.32. The molecular formula is C45H32N2. The summed E-state index contributed by atoms with van der Waals surface area (Å²) in [4.78, 5) is 4.37. The fourth-order valence-electron chi connectivity index (χ4n) is 6.17. The highest BCUT2D eigenvalue weighted by molar-refractivity contribution is 6.23. The van der Waals surface area contributed by atoms with E-state index < -0.39 is 126 Å². The molecule has 1 heterocycles. The standard InChI is InChI=1S/C45H32N2/c1-2-43-46-41-20-9-10-21-42(41)47(43)34-28-26-31(27-29-34)30-22-24-33(25-23-30)44-37-15-5-7-17-39(37)45(40-18-8-6-16-38(40)44)36-19-11-13-32-12-3-4-14-35(32)36/h3-29H,2H2,1H3/i1D3,2D2,3D,4D,5D,6D,7D,8D,11D,12D,13D,14D,15D,16D,17D,18D,19D. The van der Waals surface area contributed by atoms with Crippen molar-refractivity contribution >= 4 is 43.4 Å². The van der Waals surface area contributed by atoms with Crippen LogP contribution in [-0.2, 0) is 6.37 Å². The molecule has 0 bridgehead atoms. The lowest BCUT2D eigenvalue weighted by molar-refractivity contribution is 0.908. The molecule has 2 heteroatoms. The number of rotatable bonds is 5. The van der Waals surface area contributed by atoms with Gasteiger partial charge in [-0.25, -0.2) is 4.98 Å². The molecule has 0 spiro atoms. The van der Waals surface area contributed by atoms with Gasteiger partial charge in [-0.15, -0.1) is 0 Å². The predicted octanol–water partition coefficient (Wildman–Crippen LogP) is 12.0. The van der Waals surface area contributed by atoms with Crippen LogP contribution in [0, 0.1) is 0 Å². The van der Waals surface area contributed by atoms with Gasteiger partial charge in [-0.2, -0.15) is 0 Å². The van der Waals surface area contributed by atoms with Crippen molar-refractivity contribution < 1.29 is 27.4 Å². The Morgan fingerprint density at radius 1 is 0.574 bits per heavy atom. The summed E-state index contributed by atoms with van der Waals surface area (Å²) < 4.78 is 176. The van der Waals surface area contributed by atoms with Crippen molar-refractivity contribution in [1.29, 1.82) is 0 Å². The highest BCUT2D eigenvalue weighted by Gasteiger charge is 2.18. The van der Waals surface area contributed by atoms with Crippen molar-refractivity contribution in [3.05, 3.63) is 169 Å². The van der Waals surface area contributed by atoms with Gasteiger partial charge >= 0.3 is 0 Å². The lowest BCUT2D eigenvalue weighted by Gasteiger charge is -2.19. The van der Waals surface area contributed by atoms with Crippen LogP contribution in [0.4, 0.5) is 0 Å². The molecule has 222 valence electrons. The molecule has 0 saturated carbocycles. The number of nitrogens with zero attached hydrogens (tertiary/aromatic N) is 2. The van der Waals surface area contributed by atoms with Gasteiger partial charge in [0.1, 0.15) is 5.82 Å². The number of para-hydroxylation sites is 2. The van der Waals surface area contributed by atoms with E-state index in [0.717, 1.165) is 0 Å². The Bertz CT molecular complexity index is 3550. The Labute approximate surface area is 302 Å². The van der Waals surface area contributed by atoms with Crippen molar-refractivity contribution in [2.45, 2.75) is 13.2 Å². The molecule has 0 amide bonds. The number of hydrogen-bond acceptors (Lipinski definition) is 1. The average molecular weight is 621 g/mol. The Kier molecular flexibility index (Phi) is 3.26. The summed E-state index contributed by atoms with van der Waals surface area (Å²) in [5.74, 6) is -0.308. The number of benzene rings is 8. The van der Waals surface area contributed by atoms with Crippen molar-refractivity contribution in [2.24, 2.45) is 0 Å². The molecule has 9 rings (SSSR count). The van der Waals surface area contributed by atoms with Gasteiger partial charge in [-0.3, -0.25) is 4.57 Å². The minimum Gasteiger partial charge on any atom is -0.296 e. The Morgan fingerprint density at radius 2 is 1.13 bits per heavy atom. The number of aromatic nitrogens is 2. The van der Waals surface area contributed by atoms with E-state index >= 15 is 0 Å². The summed E-state index contributed by atoms with van der Waals surface area (Å²) in [5.41, 5.74) is 1.84. The third kappa shape index (κ3) is 4.45. The van der Waals surface area contributed by atoms with Gasteiger partial charge in [0.2, 0.25) is 0 Å². The van der Waals surface area contributed by atoms with Crippen LogP contribution in [0.5, 0.6) is 0 Å². The maximum atomic E-state index is 9.32. The molecule has 2 nitrogen and oxygen atoms in total. The zero-order chi connectivity index (χ0) is 48.7. The molecule has 0 unspecified atom stereocenters. The Hall–Kier alpha value is -5.99. The molecular weight excluding hydrogens is 569 g/mol. The van der Waals surface area contributed by atoms with E-state index in [9.17, 15) is 6.85 Å². The number of imidazole rings is 1. The van der Waals surface area contributed by atoms with E-state index in [-0.39, 0.29) is 38.5 Å². The Morgan fingerprint density at radius 3 is 1.81 bits per heavy atom. The van der Waals surface area contributed by atoms with E-state index in [4.69, 9.17) is 20.6 Å². The van der Waals surface area contributed by atoms with Crippen molar-refractivity contribution in [3.8, 4) is 39.1 Å². The monoisotopic (exact) mass is 620 g/mol. The number of fused-ring (bicyclic) bond motifs is 4. The summed E-state index contributed by atoms with van der Waals surface area (Å²) in [6, 6.07) is 9.27. The van der Waals surface area contributed by atoms with E-state index in [2.05, 4.69) is 4.98 Å². The van der Waals surface area contributed by atoms with Gasteiger partial charge in [-0.1, -0.05) is 146 Å². The quantitative estimate of drug-likeness (QED) is 0.175. The normalized spacial score (nSPS) is 18.2. The molecule has 0 saturated heterocycles. The number of hydrogen-bond donors (Lipinski definition) is 0. The first-order chi connectivity index (χ1) is 31.4. The van der Waals surface area contributed by atoms with Crippen LogP contribution in [0.1, 0.15) is 40.1 Å². The van der Waals surface area contributed by atoms with Crippen LogP contribution in [0.25, 0.3) is 82.4 Å². The van der Waals surface area contributed by atoms with Gasteiger partial charge in [0.25, 0.3) is 0 Å². The summed E-state index contributed by atoms with van der Waals surface area (Å²) in [6.45, 7) is -3.04. The molecule has 0 aliphatic rings. The molecule has 0 atom stereocenters. The fourth-order valence-corrected chi connectivity index (χ4v) is 6.17. The molecule has 1 aromatic heterocycles. The van der Waals surface area contributed by atoms with Gasteiger partial charge in [0, 0.05) is 18.9 Å². The minimum atomic E-state index is -3.04. The first-order valence-electron chi connectivity index (χ1n) is 24.6. The van der Waals surface area contributed by atoms with Crippen LogP contribution in [0.2, 0.25) is 0 Å². The van der Waals surface area contributed by atoms with Crippen LogP contribution in [-0.4, -0.2) is 9.55 Å². The molecule has 8 aromatic carbocycles. The van der Waals surface area contributed by atoms with E-state index in [1.54, 1.807) is 72.8 Å². The third-order valence-electron chi connectivity index (χ3n) is 8.24. The first kappa shape index (κ1) is 13.8. The summed E-state index contributed by atoms with van der Waals surface area (Å²) in [6.07, 6.45) is -2.82. The highest BCUT2D eigenvalue weighted by Crippen LogP contribution is 2.45. The van der Waals surface area contributed by atoms with Crippen molar-refractivity contribution in [1.82, 2.24) is 9.55 Å². The lowest BCUT2D eigenvalue weighted by atomic mass is 9.84. The molecule has 0 radical (unpaired) electrons. The van der Waals surface area contributed by atoms with Crippen LogP contribution in [0.3, 0.4) is 0 Å². The van der Waals surface area contributed by atoms with Gasteiger partial charge in [0.15, 0.2) is 0 Å². The second-order valence-electron chi connectivity index (χ2n) is 10.8. The van der Waals surface area contributed by atoms with E-state index in [0.29, 0.717) is 27.8 Å². The highest BCUT2D eigenvalue weighted by atomic mass is 15.1. The summed E-state index contributed by atoms with van der Waals surface area (Å²) in [5, 5.41) is -2.11. The zero-order valence-electron chi connectivity index (χ0n) is 44.3. The third-order valence-corrected chi connectivity index (χ3v) is 8.24. The molecule has 0 aliphatic carbocycles. The Balaban J connectivity index is 1.33. The lowest BCUT2D eigenvalue weighted by Crippen LogP contribution is -1.99. The second kappa shape index (κ2) is 11.1. The van der Waals surface area contributed by atoms with Gasteiger partial charge in [-0.05, 0) is 90.0 Å². The molecule has 0 aliphatic heterocycles. The SMILES string of the molecule is [2H]c1c([2H])c([2H])c2c(-c3c4c([2H])c([2H])c([2H])c([2H])c4c(-c4ccc(-c5ccc(-n6c(C([2H])([2H])C([2H])([2H])[2H])nc7ccccc76)cc5)cc4)c4c([2H])c([2H])c([2H])c([2H])c34)c([2H])c([2H])c([2H])c2c1[2H]. The van der Waals surface area contributed by atoms with Gasteiger partial charge < -0.3 is 0 Å². The van der Waals surface area contributed by atoms with Crippen LogP contribution >= 0.6 is 0 Å². The minimum absolute atomic E-state index is 0.0429. The average Bonchev–Trinajstić information content (AvgIpc) is 3.71. The smallest absolute Gasteiger partial charge is 0.114 e. The maximum Gasteiger partial charge on any atom is 0.114 e. The van der Waals surface area contributed by atoms with Crippen LogP contribution < -0.4 is 0 Å². The van der Waals surface area contributed by atoms with E-state index in [1.165, 1.54) is 4.57 Å². The molecule has 9 aromatic rings. The largest absolute Gasteiger partial charge is 0.296 e. The van der Waals surface area contributed by atoms with Crippen molar-refractivity contribution in [2.75, 3.05) is 0 Å². The first-order valence-corrected chi connectivity index (χ1v) is 14.6. The van der Waals surface area contributed by atoms with Crippen molar-refractivity contribution in [3.63, 3.8) is 0 Å². The molecule has 0 N–H and O–H groups in total. The summed E-state index contributed by atoms with van der Waals surface area (Å²) in [7, 11) is 0. The van der Waals surface area contributed by atoms with Crippen LogP contribution in [0.15, 0.2) is 163 Å². The fraction of sp³-hybridized carbons (Fsp3) is 0.0444. The molecule has 47 heavy (non-hydrogen) atoms. The van der Waals surface area contributed by atoms with Gasteiger partial charge in [0.05, 0.1) is 31.6 Å². The zero-order valence-corrected chi connectivity index (χ0v) is 24.3. The summed E-state index contributed by atoms with van der Waals surface area (Å²) >= 11 is 0. The second-order valence-corrected chi connectivity index (χ2v) is 10.8. The topological polar surface area (TPSA) is 17.8 Å². The molecule has 0 fully saturated rings.